The maximum atomic E-state index is 12.8. The summed E-state index contributed by atoms with van der Waals surface area (Å²) in [5, 5.41) is 4.11. The Labute approximate surface area is 137 Å². The zero-order valence-corrected chi connectivity index (χ0v) is 14.4. The predicted octanol–water partition coefficient (Wildman–Crippen LogP) is 1.27. The van der Waals surface area contributed by atoms with Gasteiger partial charge in [0, 0.05) is 31.6 Å². The first-order valence-electron chi connectivity index (χ1n) is 8.69. The molecule has 128 valence electrons. The third kappa shape index (κ3) is 3.28. The third-order valence-electron chi connectivity index (χ3n) is 5.15. The van der Waals surface area contributed by atoms with Crippen LogP contribution in [0.3, 0.4) is 0 Å². The molecule has 3 rings (SSSR count). The van der Waals surface area contributed by atoms with Crippen molar-refractivity contribution in [1.82, 2.24) is 15.0 Å². The highest BCUT2D eigenvalue weighted by Gasteiger charge is 2.37. The van der Waals surface area contributed by atoms with E-state index in [9.17, 15) is 4.79 Å². The Morgan fingerprint density at radius 2 is 2.13 bits per heavy atom. The zero-order valence-electron chi connectivity index (χ0n) is 14.4. The first kappa shape index (κ1) is 16.5. The van der Waals surface area contributed by atoms with Crippen LogP contribution in [-0.2, 0) is 28.8 Å². The van der Waals surface area contributed by atoms with Crippen LogP contribution >= 0.6 is 0 Å². The number of amides is 1. The van der Waals surface area contributed by atoms with E-state index >= 15 is 0 Å². The zero-order chi connectivity index (χ0) is 16.4. The van der Waals surface area contributed by atoms with Gasteiger partial charge in [-0.3, -0.25) is 9.69 Å². The number of morpholine rings is 1. The second-order valence-electron chi connectivity index (χ2n) is 6.50. The highest BCUT2D eigenvalue weighted by molar-refractivity contribution is 5.79. The SMILES string of the molecule is CCc1noc(CC)c1CC(=O)N1CC[C@H]2OCCN(C)[C@@H]2C1. The fourth-order valence-electron chi connectivity index (χ4n) is 3.67. The maximum Gasteiger partial charge on any atom is 0.227 e. The predicted molar refractivity (Wildman–Crippen MR) is 86.3 cm³/mol. The number of likely N-dealkylation sites (tertiary alicyclic amines) is 1. The summed E-state index contributed by atoms with van der Waals surface area (Å²) < 4.78 is 11.2. The molecule has 0 saturated carbocycles. The summed E-state index contributed by atoms with van der Waals surface area (Å²) in [6.45, 7) is 7.36. The fraction of sp³-hybridized carbons (Fsp3) is 0.765. The van der Waals surface area contributed by atoms with Gasteiger partial charge < -0.3 is 14.2 Å². The van der Waals surface area contributed by atoms with Gasteiger partial charge in [-0.05, 0) is 19.9 Å². The number of nitrogens with zero attached hydrogens (tertiary/aromatic N) is 3. The van der Waals surface area contributed by atoms with Crippen LogP contribution in [0.15, 0.2) is 4.52 Å². The van der Waals surface area contributed by atoms with E-state index in [1.165, 1.54) is 0 Å². The van der Waals surface area contributed by atoms with E-state index in [1.807, 2.05) is 18.7 Å². The van der Waals surface area contributed by atoms with Crippen LogP contribution in [0.4, 0.5) is 0 Å². The average molecular weight is 321 g/mol. The molecule has 1 aromatic heterocycles. The van der Waals surface area contributed by atoms with Gasteiger partial charge in [-0.1, -0.05) is 19.0 Å². The highest BCUT2D eigenvalue weighted by Crippen LogP contribution is 2.23. The van der Waals surface area contributed by atoms with E-state index in [0.717, 1.165) is 62.5 Å². The molecule has 0 aliphatic carbocycles. The van der Waals surface area contributed by atoms with E-state index < -0.39 is 0 Å². The van der Waals surface area contributed by atoms with Gasteiger partial charge in [0.1, 0.15) is 5.76 Å². The van der Waals surface area contributed by atoms with E-state index in [-0.39, 0.29) is 12.0 Å². The van der Waals surface area contributed by atoms with Gasteiger partial charge >= 0.3 is 0 Å². The number of carbonyl (C=O) groups excluding carboxylic acids is 1. The van der Waals surface area contributed by atoms with Crippen molar-refractivity contribution in [2.24, 2.45) is 0 Å². The first-order valence-corrected chi connectivity index (χ1v) is 8.69. The fourth-order valence-corrected chi connectivity index (χ4v) is 3.67. The van der Waals surface area contributed by atoms with Gasteiger partial charge in [0.25, 0.3) is 0 Å². The van der Waals surface area contributed by atoms with Crippen LogP contribution < -0.4 is 0 Å². The van der Waals surface area contributed by atoms with Crippen molar-refractivity contribution in [3.63, 3.8) is 0 Å². The molecule has 2 atom stereocenters. The number of fused-ring (bicyclic) bond motifs is 1. The van der Waals surface area contributed by atoms with Crippen molar-refractivity contribution in [2.75, 3.05) is 33.3 Å². The lowest BCUT2D eigenvalue weighted by atomic mass is 9.98. The molecule has 6 nitrogen and oxygen atoms in total. The lowest BCUT2D eigenvalue weighted by molar-refractivity contribution is -0.140. The minimum absolute atomic E-state index is 0.176. The molecular formula is C17H27N3O3. The normalized spacial score (nSPS) is 25.4. The Bertz CT molecular complexity index is 536. The largest absolute Gasteiger partial charge is 0.375 e. The Morgan fingerprint density at radius 1 is 1.30 bits per heavy atom. The number of hydrogen-bond donors (Lipinski definition) is 0. The van der Waals surface area contributed by atoms with Gasteiger partial charge in [0.2, 0.25) is 5.91 Å². The van der Waals surface area contributed by atoms with Gasteiger partial charge in [-0.15, -0.1) is 0 Å². The molecule has 23 heavy (non-hydrogen) atoms. The van der Waals surface area contributed by atoms with Crippen LogP contribution in [0.5, 0.6) is 0 Å². The molecule has 0 spiro atoms. The number of rotatable bonds is 4. The van der Waals surface area contributed by atoms with E-state index in [1.54, 1.807) is 0 Å². The van der Waals surface area contributed by atoms with Gasteiger partial charge in [0.15, 0.2) is 0 Å². The Balaban J connectivity index is 1.68. The molecule has 1 aromatic rings. The standard InChI is InChI=1S/C17H27N3O3/c1-4-13-12(15(5-2)23-18-13)10-17(21)20-7-6-16-14(11-20)19(3)8-9-22-16/h14,16H,4-11H2,1-3H3/t14-,16-/m1/s1. The highest BCUT2D eigenvalue weighted by atomic mass is 16.5. The number of hydrogen-bond acceptors (Lipinski definition) is 5. The molecule has 0 unspecified atom stereocenters. The number of aromatic nitrogens is 1. The van der Waals surface area contributed by atoms with Gasteiger partial charge in [-0.2, -0.15) is 0 Å². The van der Waals surface area contributed by atoms with Gasteiger partial charge in [-0.25, -0.2) is 0 Å². The van der Waals surface area contributed by atoms with Crippen LogP contribution in [0.1, 0.15) is 37.3 Å². The number of likely N-dealkylation sites (N-methyl/N-ethyl adjacent to an activating group) is 1. The summed E-state index contributed by atoms with van der Waals surface area (Å²) in [5.41, 5.74) is 1.92. The van der Waals surface area contributed by atoms with Crippen LogP contribution in [0, 0.1) is 0 Å². The molecule has 0 radical (unpaired) electrons. The van der Waals surface area contributed by atoms with Crippen molar-refractivity contribution >= 4 is 5.91 Å². The third-order valence-corrected chi connectivity index (χ3v) is 5.15. The van der Waals surface area contributed by atoms with Crippen molar-refractivity contribution < 1.29 is 14.1 Å². The van der Waals surface area contributed by atoms with Gasteiger partial charge in [0.05, 0.1) is 30.9 Å². The number of aryl methyl sites for hydroxylation is 2. The maximum absolute atomic E-state index is 12.8. The number of carbonyl (C=O) groups is 1. The summed E-state index contributed by atoms with van der Waals surface area (Å²) in [7, 11) is 2.12. The molecule has 2 saturated heterocycles. The Hall–Kier alpha value is -1.40. The lowest BCUT2D eigenvalue weighted by Gasteiger charge is -2.45. The summed E-state index contributed by atoms with van der Waals surface area (Å²) in [6, 6.07) is 0.320. The molecular weight excluding hydrogens is 294 g/mol. The minimum atomic E-state index is 0.176. The van der Waals surface area contributed by atoms with Crippen LogP contribution in [0.2, 0.25) is 0 Å². The summed E-state index contributed by atoms with van der Waals surface area (Å²) >= 11 is 0. The Morgan fingerprint density at radius 3 is 2.87 bits per heavy atom. The summed E-state index contributed by atoms with van der Waals surface area (Å²) in [4.78, 5) is 17.1. The molecule has 1 amide bonds. The number of piperidine rings is 1. The summed E-state index contributed by atoms with van der Waals surface area (Å²) in [6.07, 6.45) is 3.17. The molecule has 2 aliphatic heterocycles. The molecule has 0 aromatic carbocycles. The Kier molecular flexibility index (Phi) is 5.02. The molecule has 0 N–H and O–H groups in total. The molecule has 0 bridgehead atoms. The topological polar surface area (TPSA) is 58.8 Å². The monoisotopic (exact) mass is 321 g/mol. The molecule has 2 fully saturated rings. The smallest absolute Gasteiger partial charge is 0.227 e. The van der Waals surface area contributed by atoms with Crippen molar-refractivity contribution in [1.29, 1.82) is 0 Å². The minimum Gasteiger partial charge on any atom is -0.375 e. The van der Waals surface area contributed by atoms with E-state index in [2.05, 4.69) is 17.1 Å². The first-order chi connectivity index (χ1) is 11.1. The lowest BCUT2D eigenvalue weighted by Crippen LogP contribution is -2.59. The van der Waals surface area contributed by atoms with Crippen LogP contribution in [-0.4, -0.2) is 66.3 Å². The van der Waals surface area contributed by atoms with Crippen molar-refractivity contribution in [3.8, 4) is 0 Å². The average Bonchev–Trinajstić information content (AvgIpc) is 2.96. The second-order valence-corrected chi connectivity index (χ2v) is 6.50. The van der Waals surface area contributed by atoms with Crippen LogP contribution in [0.25, 0.3) is 0 Å². The molecule has 2 aliphatic rings. The number of ether oxygens (including phenoxy) is 1. The quantitative estimate of drug-likeness (QED) is 0.836. The van der Waals surface area contributed by atoms with E-state index in [4.69, 9.17) is 9.26 Å². The summed E-state index contributed by atoms with van der Waals surface area (Å²) in [5.74, 6) is 1.03. The molecule has 6 heteroatoms. The van der Waals surface area contributed by atoms with Crippen molar-refractivity contribution in [3.05, 3.63) is 17.0 Å². The second kappa shape index (κ2) is 7.01. The molecule has 3 heterocycles. The van der Waals surface area contributed by atoms with Crippen molar-refractivity contribution in [2.45, 2.75) is 51.7 Å². The van der Waals surface area contributed by atoms with E-state index in [0.29, 0.717) is 12.5 Å².